The third-order valence-corrected chi connectivity index (χ3v) is 2.23. The molecule has 4 nitrogen and oxygen atoms in total. The summed E-state index contributed by atoms with van der Waals surface area (Å²) >= 11 is 0. The van der Waals surface area contributed by atoms with Crippen LogP contribution in [-0.4, -0.2) is 25.2 Å². The van der Waals surface area contributed by atoms with E-state index in [4.69, 9.17) is 4.74 Å². The van der Waals surface area contributed by atoms with E-state index in [0.29, 0.717) is 13.2 Å². The Bertz CT molecular complexity index is 363. The smallest absolute Gasteiger partial charge is 0.332 e. The molecule has 1 aromatic rings. The molecule has 0 bridgehead atoms. The molecule has 0 saturated heterocycles. The summed E-state index contributed by atoms with van der Waals surface area (Å²) in [6, 6.07) is 9.55. The number of nitrogens with zero attached hydrogens (tertiary/aromatic N) is 2. The van der Waals surface area contributed by atoms with E-state index in [-0.39, 0.29) is 5.97 Å². The second kappa shape index (κ2) is 7.54. The van der Waals surface area contributed by atoms with Gasteiger partial charge in [0.1, 0.15) is 0 Å². The van der Waals surface area contributed by atoms with Gasteiger partial charge in [-0.2, -0.15) is 10.2 Å². The molecular formula is C13H18N2O2. The molecule has 0 aliphatic heterocycles. The number of ether oxygens (including phenoxy) is 1. The van der Waals surface area contributed by atoms with Crippen molar-refractivity contribution in [3.8, 4) is 0 Å². The molecule has 0 amide bonds. The Kier molecular flexibility index (Phi) is 5.93. The molecule has 17 heavy (non-hydrogen) atoms. The Morgan fingerprint density at radius 3 is 2.71 bits per heavy atom. The number of benzene rings is 1. The van der Waals surface area contributed by atoms with E-state index in [0.717, 1.165) is 6.42 Å². The number of azo groups is 1. The van der Waals surface area contributed by atoms with E-state index < -0.39 is 6.04 Å². The SMILES string of the molecule is CCOC(=O)C(C)N=NCCc1ccccc1. The van der Waals surface area contributed by atoms with Crippen molar-refractivity contribution in [1.29, 1.82) is 0 Å². The summed E-state index contributed by atoms with van der Waals surface area (Å²) in [5, 5.41) is 7.90. The fourth-order valence-electron chi connectivity index (χ4n) is 1.31. The van der Waals surface area contributed by atoms with Gasteiger partial charge in [-0.3, -0.25) is 0 Å². The number of carbonyl (C=O) groups excluding carboxylic acids is 1. The van der Waals surface area contributed by atoms with Crippen molar-refractivity contribution in [2.75, 3.05) is 13.2 Å². The van der Waals surface area contributed by atoms with Crippen LogP contribution in [0.2, 0.25) is 0 Å². The summed E-state index contributed by atoms with van der Waals surface area (Å²) in [6.45, 7) is 4.43. The lowest BCUT2D eigenvalue weighted by molar-refractivity contribution is -0.144. The number of hydrogen-bond acceptors (Lipinski definition) is 4. The fourth-order valence-corrected chi connectivity index (χ4v) is 1.31. The molecule has 4 heteroatoms. The Balaban J connectivity index is 2.28. The van der Waals surface area contributed by atoms with E-state index in [1.165, 1.54) is 5.56 Å². The third-order valence-electron chi connectivity index (χ3n) is 2.23. The van der Waals surface area contributed by atoms with Crippen molar-refractivity contribution >= 4 is 5.97 Å². The maximum Gasteiger partial charge on any atom is 0.332 e. The van der Waals surface area contributed by atoms with Gasteiger partial charge in [-0.1, -0.05) is 30.3 Å². The van der Waals surface area contributed by atoms with E-state index in [2.05, 4.69) is 10.2 Å². The lowest BCUT2D eigenvalue weighted by Gasteiger charge is -2.03. The molecule has 1 rings (SSSR count). The Hall–Kier alpha value is -1.71. The molecule has 1 unspecified atom stereocenters. The summed E-state index contributed by atoms with van der Waals surface area (Å²) in [5.74, 6) is -0.323. The standard InChI is InChI=1S/C13H18N2O2/c1-3-17-13(16)11(2)15-14-10-9-12-7-5-4-6-8-12/h4-8,11H,3,9-10H2,1-2H3. The molecular weight excluding hydrogens is 216 g/mol. The molecule has 0 fully saturated rings. The quantitative estimate of drug-likeness (QED) is 0.561. The predicted octanol–water partition coefficient (Wildman–Crippen LogP) is 2.63. The summed E-state index contributed by atoms with van der Waals surface area (Å²) in [6.07, 6.45) is 0.833. The van der Waals surface area contributed by atoms with Gasteiger partial charge in [0, 0.05) is 0 Å². The van der Waals surface area contributed by atoms with Gasteiger partial charge in [-0.05, 0) is 25.8 Å². The van der Waals surface area contributed by atoms with E-state index in [9.17, 15) is 4.79 Å². The molecule has 0 aliphatic rings. The predicted molar refractivity (Wildman–Crippen MR) is 66.0 cm³/mol. The Morgan fingerprint density at radius 1 is 1.35 bits per heavy atom. The average Bonchev–Trinajstić information content (AvgIpc) is 2.36. The second-order valence-corrected chi connectivity index (χ2v) is 3.64. The van der Waals surface area contributed by atoms with Crippen LogP contribution in [0.25, 0.3) is 0 Å². The molecule has 1 atom stereocenters. The number of carbonyl (C=O) groups is 1. The van der Waals surface area contributed by atoms with E-state index in [1.807, 2.05) is 30.3 Å². The lowest BCUT2D eigenvalue weighted by Crippen LogP contribution is -2.17. The van der Waals surface area contributed by atoms with Crippen molar-refractivity contribution < 1.29 is 9.53 Å². The van der Waals surface area contributed by atoms with Crippen LogP contribution in [-0.2, 0) is 16.0 Å². The summed E-state index contributed by atoms with van der Waals surface area (Å²) < 4.78 is 4.83. The summed E-state index contributed by atoms with van der Waals surface area (Å²) in [7, 11) is 0. The van der Waals surface area contributed by atoms with Crippen molar-refractivity contribution in [3.05, 3.63) is 35.9 Å². The minimum Gasteiger partial charge on any atom is -0.464 e. The molecule has 0 spiro atoms. The summed E-state index contributed by atoms with van der Waals surface area (Å²) in [4.78, 5) is 11.2. The van der Waals surface area contributed by atoms with Gasteiger partial charge in [-0.15, -0.1) is 0 Å². The van der Waals surface area contributed by atoms with Crippen LogP contribution in [0, 0.1) is 0 Å². The zero-order valence-electron chi connectivity index (χ0n) is 10.3. The minimum absolute atomic E-state index is 0.323. The first-order valence-corrected chi connectivity index (χ1v) is 5.81. The van der Waals surface area contributed by atoms with Gasteiger partial charge in [0.15, 0.2) is 6.04 Å². The van der Waals surface area contributed by atoms with Gasteiger partial charge in [0.2, 0.25) is 0 Å². The van der Waals surface area contributed by atoms with Crippen molar-refractivity contribution in [2.24, 2.45) is 10.2 Å². The van der Waals surface area contributed by atoms with E-state index >= 15 is 0 Å². The number of hydrogen-bond donors (Lipinski definition) is 0. The highest BCUT2D eigenvalue weighted by atomic mass is 16.5. The Labute approximate surface area is 102 Å². The van der Waals surface area contributed by atoms with Crippen molar-refractivity contribution in [2.45, 2.75) is 26.3 Å². The van der Waals surface area contributed by atoms with Crippen molar-refractivity contribution in [3.63, 3.8) is 0 Å². The van der Waals surface area contributed by atoms with Crippen LogP contribution < -0.4 is 0 Å². The molecule has 0 heterocycles. The van der Waals surface area contributed by atoms with Gasteiger partial charge in [0.05, 0.1) is 13.2 Å². The molecule has 0 radical (unpaired) electrons. The molecule has 0 aromatic heterocycles. The maximum absolute atomic E-state index is 11.2. The first-order valence-electron chi connectivity index (χ1n) is 5.81. The number of rotatable bonds is 6. The second-order valence-electron chi connectivity index (χ2n) is 3.64. The molecule has 1 aromatic carbocycles. The first-order chi connectivity index (χ1) is 8.24. The minimum atomic E-state index is -0.509. The van der Waals surface area contributed by atoms with Gasteiger partial charge >= 0.3 is 5.97 Å². The average molecular weight is 234 g/mol. The maximum atomic E-state index is 11.2. The van der Waals surface area contributed by atoms with E-state index in [1.54, 1.807) is 13.8 Å². The highest BCUT2D eigenvalue weighted by Gasteiger charge is 2.11. The van der Waals surface area contributed by atoms with Crippen LogP contribution in [0.3, 0.4) is 0 Å². The number of esters is 1. The zero-order valence-corrected chi connectivity index (χ0v) is 10.3. The van der Waals surface area contributed by atoms with Gasteiger partial charge in [-0.25, -0.2) is 4.79 Å². The van der Waals surface area contributed by atoms with Crippen LogP contribution >= 0.6 is 0 Å². The third kappa shape index (κ3) is 5.24. The zero-order chi connectivity index (χ0) is 12.5. The molecule has 0 N–H and O–H groups in total. The topological polar surface area (TPSA) is 51.0 Å². The van der Waals surface area contributed by atoms with Crippen LogP contribution in [0.5, 0.6) is 0 Å². The first kappa shape index (κ1) is 13.4. The van der Waals surface area contributed by atoms with Crippen LogP contribution in [0.1, 0.15) is 19.4 Å². The molecule has 0 saturated carbocycles. The summed E-state index contributed by atoms with van der Waals surface area (Å²) in [5.41, 5.74) is 1.22. The largest absolute Gasteiger partial charge is 0.464 e. The Morgan fingerprint density at radius 2 is 2.06 bits per heavy atom. The highest BCUT2D eigenvalue weighted by molar-refractivity contribution is 5.75. The van der Waals surface area contributed by atoms with Crippen LogP contribution in [0.4, 0.5) is 0 Å². The van der Waals surface area contributed by atoms with Gasteiger partial charge < -0.3 is 4.74 Å². The van der Waals surface area contributed by atoms with Crippen molar-refractivity contribution in [1.82, 2.24) is 0 Å². The lowest BCUT2D eigenvalue weighted by atomic mass is 10.2. The normalized spacial score (nSPS) is 12.6. The van der Waals surface area contributed by atoms with Crippen LogP contribution in [0.15, 0.2) is 40.6 Å². The molecule has 92 valence electrons. The molecule has 0 aliphatic carbocycles. The monoisotopic (exact) mass is 234 g/mol. The van der Waals surface area contributed by atoms with Gasteiger partial charge in [0.25, 0.3) is 0 Å². The highest BCUT2D eigenvalue weighted by Crippen LogP contribution is 2.01. The fraction of sp³-hybridized carbons (Fsp3) is 0.462.